The summed E-state index contributed by atoms with van der Waals surface area (Å²) < 4.78 is 0. The standard InChI is InChI=1S/C13H11ClN2O2S/c14-10-3-5-11(6-4-10)16-13(17)9-18-15-8-12-2-1-7-19-12/h1-8H,9H2,(H,16,17)/b15-8+. The van der Waals surface area contributed by atoms with Crippen molar-refractivity contribution in [3.05, 3.63) is 51.7 Å². The van der Waals surface area contributed by atoms with E-state index in [1.54, 1.807) is 41.8 Å². The van der Waals surface area contributed by atoms with Gasteiger partial charge in [-0.05, 0) is 35.7 Å². The first-order chi connectivity index (χ1) is 9.24. The number of hydrogen-bond acceptors (Lipinski definition) is 4. The molecule has 0 unspecified atom stereocenters. The number of thiophene rings is 1. The summed E-state index contributed by atoms with van der Waals surface area (Å²) in [4.78, 5) is 17.4. The Bertz CT molecular complexity index is 553. The minimum absolute atomic E-state index is 0.134. The Morgan fingerprint density at radius 2 is 2.16 bits per heavy atom. The number of nitrogens with zero attached hydrogens (tertiary/aromatic N) is 1. The van der Waals surface area contributed by atoms with Crippen LogP contribution in [0.25, 0.3) is 0 Å². The van der Waals surface area contributed by atoms with Gasteiger partial charge in [-0.25, -0.2) is 0 Å². The van der Waals surface area contributed by atoms with Crippen molar-refractivity contribution < 1.29 is 9.63 Å². The predicted octanol–water partition coefficient (Wildman–Crippen LogP) is 3.39. The van der Waals surface area contributed by atoms with Crippen LogP contribution in [0.1, 0.15) is 4.88 Å². The zero-order valence-electron chi connectivity index (χ0n) is 9.88. The van der Waals surface area contributed by atoms with Crippen LogP contribution in [-0.2, 0) is 9.63 Å². The van der Waals surface area contributed by atoms with Gasteiger partial charge in [0.15, 0.2) is 6.61 Å². The summed E-state index contributed by atoms with van der Waals surface area (Å²) in [6.45, 7) is -0.134. The van der Waals surface area contributed by atoms with Gasteiger partial charge in [-0.3, -0.25) is 4.79 Å². The lowest BCUT2D eigenvalue weighted by Gasteiger charge is -2.03. The van der Waals surface area contributed by atoms with E-state index in [0.29, 0.717) is 10.7 Å². The van der Waals surface area contributed by atoms with Crippen LogP contribution < -0.4 is 5.32 Å². The van der Waals surface area contributed by atoms with Gasteiger partial charge in [0.25, 0.3) is 5.91 Å². The Labute approximate surface area is 119 Å². The summed E-state index contributed by atoms with van der Waals surface area (Å²) in [5, 5.41) is 8.94. The highest BCUT2D eigenvalue weighted by Gasteiger charge is 2.02. The maximum absolute atomic E-state index is 11.5. The van der Waals surface area contributed by atoms with Crippen LogP contribution in [0, 0.1) is 0 Å². The summed E-state index contributed by atoms with van der Waals surface area (Å²) in [5.41, 5.74) is 0.667. The topological polar surface area (TPSA) is 50.7 Å². The lowest BCUT2D eigenvalue weighted by molar-refractivity contribution is -0.120. The molecule has 0 saturated carbocycles. The Hall–Kier alpha value is -1.85. The third kappa shape index (κ3) is 4.73. The molecule has 2 rings (SSSR count). The van der Waals surface area contributed by atoms with Crippen LogP contribution in [0.4, 0.5) is 5.69 Å². The molecule has 0 aliphatic carbocycles. The number of hydrogen-bond donors (Lipinski definition) is 1. The van der Waals surface area contributed by atoms with Gasteiger partial charge in [0.2, 0.25) is 0 Å². The van der Waals surface area contributed by atoms with Crippen molar-refractivity contribution in [3.8, 4) is 0 Å². The van der Waals surface area contributed by atoms with Crippen LogP contribution in [0.2, 0.25) is 5.02 Å². The number of benzene rings is 1. The first kappa shape index (κ1) is 13.6. The Balaban J connectivity index is 1.74. The van der Waals surface area contributed by atoms with Crippen molar-refractivity contribution in [2.75, 3.05) is 11.9 Å². The lowest BCUT2D eigenvalue weighted by Crippen LogP contribution is -2.16. The fourth-order valence-corrected chi connectivity index (χ4v) is 1.98. The molecule has 0 atom stereocenters. The van der Waals surface area contributed by atoms with E-state index < -0.39 is 0 Å². The zero-order valence-corrected chi connectivity index (χ0v) is 11.4. The average molecular weight is 295 g/mol. The van der Waals surface area contributed by atoms with Crippen molar-refractivity contribution in [2.45, 2.75) is 0 Å². The molecule has 98 valence electrons. The van der Waals surface area contributed by atoms with Crippen LogP contribution >= 0.6 is 22.9 Å². The number of carbonyl (C=O) groups is 1. The number of halogens is 1. The molecule has 1 N–H and O–H groups in total. The molecule has 0 bridgehead atoms. The van der Waals surface area contributed by atoms with E-state index in [-0.39, 0.29) is 12.5 Å². The van der Waals surface area contributed by atoms with E-state index in [0.717, 1.165) is 4.88 Å². The number of amides is 1. The van der Waals surface area contributed by atoms with E-state index in [9.17, 15) is 4.79 Å². The van der Waals surface area contributed by atoms with Crippen LogP contribution in [-0.4, -0.2) is 18.7 Å². The first-order valence-corrected chi connectivity index (χ1v) is 6.74. The number of nitrogens with one attached hydrogen (secondary N) is 1. The van der Waals surface area contributed by atoms with E-state index in [1.165, 1.54) is 0 Å². The van der Waals surface area contributed by atoms with E-state index >= 15 is 0 Å². The van der Waals surface area contributed by atoms with Crippen molar-refractivity contribution in [1.29, 1.82) is 0 Å². The van der Waals surface area contributed by atoms with E-state index in [4.69, 9.17) is 16.4 Å². The van der Waals surface area contributed by atoms with Gasteiger partial charge in [-0.2, -0.15) is 0 Å². The molecule has 1 heterocycles. The normalized spacial score (nSPS) is 10.6. The Kier molecular flexibility index (Phi) is 4.94. The highest BCUT2D eigenvalue weighted by molar-refractivity contribution is 7.11. The molecule has 0 fully saturated rings. The van der Waals surface area contributed by atoms with Crippen molar-refractivity contribution in [2.24, 2.45) is 5.16 Å². The molecule has 0 aliphatic rings. The third-order valence-corrected chi connectivity index (χ3v) is 3.18. The monoisotopic (exact) mass is 294 g/mol. The second-order valence-corrected chi connectivity index (χ2v) is 4.99. The summed E-state index contributed by atoms with van der Waals surface area (Å²) in [5.74, 6) is -0.273. The maximum Gasteiger partial charge on any atom is 0.265 e. The Morgan fingerprint density at radius 3 is 2.84 bits per heavy atom. The lowest BCUT2D eigenvalue weighted by atomic mass is 10.3. The fourth-order valence-electron chi connectivity index (χ4n) is 1.28. The minimum atomic E-state index is -0.273. The maximum atomic E-state index is 11.5. The summed E-state index contributed by atoms with van der Waals surface area (Å²) in [6.07, 6.45) is 1.57. The molecule has 0 radical (unpaired) electrons. The van der Waals surface area contributed by atoms with Crippen molar-refractivity contribution in [1.82, 2.24) is 0 Å². The quantitative estimate of drug-likeness (QED) is 0.679. The molecule has 4 nitrogen and oxygen atoms in total. The van der Waals surface area contributed by atoms with Gasteiger partial charge in [0.05, 0.1) is 6.21 Å². The number of anilines is 1. The zero-order chi connectivity index (χ0) is 13.5. The van der Waals surface area contributed by atoms with Crippen LogP contribution in [0.3, 0.4) is 0 Å². The molecule has 6 heteroatoms. The molecular weight excluding hydrogens is 284 g/mol. The molecule has 1 aromatic carbocycles. The van der Waals surface area contributed by atoms with E-state index in [2.05, 4.69) is 10.5 Å². The largest absolute Gasteiger partial charge is 0.386 e. The van der Waals surface area contributed by atoms with Crippen LogP contribution in [0.15, 0.2) is 46.9 Å². The average Bonchev–Trinajstić information content (AvgIpc) is 2.91. The molecule has 19 heavy (non-hydrogen) atoms. The molecule has 1 aromatic heterocycles. The highest BCUT2D eigenvalue weighted by Crippen LogP contribution is 2.13. The van der Waals surface area contributed by atoms with Gasteiger partial charge in [0, 0.05) is 15.6 Å². The molecule has 0 saturated heterocycles. The SMILES string of the molecule is O=C(CO/N=C/c1cccs1)Nc1ccc(Cl)cc1. The van der Waals surface area contributed by atoms with Crippen LogP contribution in [0.5, 0.6) is 0 Å². The highest BCUT2D eigenvalue weighted by atomic mass is 35.5. The summed E-state index contributed by atoms with van der Waals surface area (Å²) in [7, 11) is 0. The minimum Gasteiger partial charge on any atom is -0.386 e. The van der Waals surface area contributed by atoms with Gasteiger partial charge in [-0.1, -0.05) is 22.8 Å². The molecule has 0 aliphatic heterocycles. The second kappa shape index (κ2) is 6.92. The van der Waals surface area contributed by atoms with Gasteiger partial charge >= 0.3 is 0 Å². The molecule has 1 amide bonds. The summed E-state index contributed by atoms with van der Waals surface area (Å²) >= 11 is 7.29. The number of oxime groups is 1. The molecule has 2 aromatic rings. The third-order valence-electron chi connectivity index (χ3n) is 2.12. The van der Waals surface area contributed by atoms with Gasteiger partial charge in [0.1, 0.15) is 0 Å². The number of carbonyl (C=O) groups excluding carboxylic acids is 1. The van der Waals surface area contributed by atoms with Gasteiger partial charge < -0.3 is 10.2 Å². The smallest absolute Gasteiger partial charge is 0.265 e. The van der Waals surface area contributed by atoms with Crippen molar-refractivity contribution in [3.63, 3.8) is 0 Å². The Morgan fingerprint density at radius 1 is 1.37 bits per heavy atom. The predicted molar refractivity (Wildman–Crippen MR) is 77.9 cm³/mol. The number of rotatable bonds is 5. The van der Waals surface area contributed by atoms with Crippen molar-refractivity contribution >= 4 is 40.7 Å². The fraction of sp³-hybridized carbons (Fsp3) is 0.0769. The summed E-state index contributed by atoms with van der Waals surface area (Å²) in [6, 6.07) is 10.7. The molecular formula is C13H11ClN2O2S. The van der Waals surface area contributed by atoms with Gasteiger partial charge in [-0.15, -0.1) is 11.3 Å². The first-order valence-electron chi connectivity index (χ1n) is 5.48. The molecule has 0 spiro atoms. The second-order valence-electron chi connectivity index (χ2n) is 3.58. The van der Waals surface area contributed by atoms with E-state index in [1.807, 2.05) is 17.5 Å².